The van der Waals surface area contributed by atoms with Crippen LogP contribution < -0.4 is 0 Å². The van der Waals surface area contributed by atoms with Crippen molar-refractivity contribution in [1.82, 2.24) is 4.90 Å². The fraction of sp³-hybridized carbons (Fsp3) is 0.895. The lowest BCUT2D eigenvalue weighted by atomic mass is 9.67. The van der Waals surface area contributed by atoms with Crippen molar-refractivity contribution in [3.8, 4) is 0 Å². The second-order valence-electron chi connectivity index (χ2n) is 8.17. The molecule has 160 valence electrons. The summed E-state index contributed by atoms with van der Waals surface area (Å²) in [5, 5.41) is -0.263. The molecular weight excluding hydrogens is 450 g/mol. The smallest absolute Gasteiger partial charge is 0.291 e. The Morgan fingerprint density at radius 2 is 1.96 bits per heavy atom. The van der Waals surface area contributed by atoms with Crippen molar-refractivity contribution in [3.05, 3.63) is 0 Å². The van der Waals surface area contributed by atoms with Crippen molar-refractivity contribution in [2.45, 2.75) is 49.6 Å². The summed E-state index contributed by atoms with van der Waals surface area (Å²) in [5.74, 6) is 0.246. The number of rotatable bonds is 9. The van der Waals surface area contributed by atoms with Crippen LogP contribution in [0.5, 0.6) is 0 Å². The molecule has 1 saturated heterocycles. The fourth-order valence-electron chi connectivity index (χ4n) is 5.18. The van der Waals surface area contributed by atoms with E-state index in [9.17, 15) is 9.59 Å². The van der Waals surface area contributed by atoms with E-state index in [2.05, 4.69) is 29.8 Å². The van der Waals surface area contributed by atoms with Gasteiger partial charge in [0.15, 0.2) is 6.23 Å². The highest BCUT2D eigenvalue weighted by molar-refractivity contribution is 9.11. The largest absolute Gasteiger partial charge is 0.382 e. The van der Waals surface area contributed by atoms with E-state index in [0.29, 0.717) is 32.3 Å². The van der Waals surface area contributed by atoms with Crippen molar-refractivity contribution >= 4 is 38.8 Å². The van der Waals surface area contributed by atoms with Crippen LogP contribution in [0.2, 0.25) is 0 Å². The number of hydrogen-bond donors (Lipinski definition) is 0. The molecule has 9 heteroatoms. The zero-order valence-corrected chi connectivity index (χ0v) is 19.3. The van der Waals surface area contributed by atoms with E-state index in [0.717, 1.165) is 31.0 Å². The van der Waals surface area contributed by atoms with Gasteiger partial charge in [-0.25, -0.2) is 4.90 Å². The van der Waals surface area contributed by atoms with Gasteiger partial charge < -0.3 is 18.9 Å². The minimum absolute atomic E-state index is 0.158. The first kappa shape index (κ1) is 22.5. The van der Waals surface area contributed by atoms with Crippen LogP contribution in [-0.4, -0.2) is 73.2 Å². The second kappa shape index (κ2) is 8.89. The van der Waals surface area contributed by atoms with Gasteiger partial charge in [0.2, 0.25) is 5.91 Å². The van der Waals surface area contributed by atoms with Crippen molar-refractivity contribution in [2.75, 3.05) is 40.6 Å². The van der Waals surface area contributed by atoms with Gasteiger partial charge in [-0.2, -0.15) is 0 Å². The molecule has 3 fully saturated rings. The van der Waals surface area contributed by atoms with Gasteiger partial charge >= 0.3 is 0 Å². The van der Waals surface area contributed by atoms with E-state index in [1.165, 1.54) is 12.0 Å². The molecule has 0 unspecified atom stereocenters. The maximum Gasteiger partial charge on any atom is 0.291 e. The number of carbonyl (C=O) groups is 2. The first-order valence-corrected chi connectivity index (χ1v) is 11.5. The number of carbonyl (C=O) groups excluding carboxylic acids is 2. The van der Waals surface area contributed by atoms with Gasteiger partial charge in [0.25, 0.3) is 5.24 Å². The van der Waals surface area contributed by atoms with Gasteiger partial charge in [0, 0.05) is 14.2 Å². The van der Waals surface area contributed by atoms with E-state index in [1.54, 1.807) is 7.11 Å². The molecule has 2 aliphatic carbocycles. The molecule has 0 aromatic heterocycles. The predicted octanol–water partition coefficient (Wildman–Crippen LogP) is 3.25. The molecule has 1 aliphatic heterocycles. The molecule has 7 nitrogen and oxygen atoms in total. The summed E-state index contributed by atoms with van der Waals surface area (Å²) < 4.78 is 21.9. The highest BCUT2D eigenvalue weighted by Gasteiger charge is 2.70. The Morgan fingerprint density at radius 1 is 1.25 bits per heavy atom. The van der Waals surface area contributed by atoms with Crippen molar-refractivity contribution in [1.29, 1.82) is 0 Å². The number of methoxy groups -OCH3 is 2. The molecule has 2 saturated carbocycles. The number of nitrogens with zero attached hydrogens (tertiary/aromatic N) is 1. The van der Waals surface area contributed by atoms with Gasteiger partial charge in [-0.05, 0) is 42.4 Å². The number of alkyl halides is 1. The number of hydrogen-bond acceptors (Lipinski definition) is 7. The second-order valence-corrected chi connectivity index (χ2v) is 10.9. The van der Waals surface area contributed by atoms with Gasteiger partial charge in [-0.1, -0.05) is 29.8 Å². The van der Waals surface area contributed by atoms with E-state index >= 15 is 0 Å². The van der Waals surface area contributed by atoms with Crippen molar-refractivity contribution < 1.29 is 28.5 Å². The van der Waals surface area contributed by atoms with Gasteiger partial charge in [-0.15, -0.1) is 0 Å². The number of fused-ring (bicyclic) bond motifs is 2. The van der Waals surface area contributed by atoms with Crippen LogP contribution in [0, 0.1) is 16.7 Å². The third-order valence-corrected chi connectivity index (χ3v) is 8.68. The maximum atomic E-state index is 13.8. The molecule has 3 rings (SSSR count). The first-order valence-electron chi connectivity index (χ1n) is 9.70. The molecule has 0 N–H and O–H groups in total. The Morgan fingerprint density at radius 3 is 2.61 bits per heavy atom. The summed E-state index contributed by atoms with van der Waals surface area (Å²) >= 11 is 4.54. The highest BCUT2D eigenvalue weighted by atomic mass is 79.9. The van der Waals surface area contributed by atoms with Gasteiger partial charge in [0.05, 0.1) is 37.9 Å². The Balaban J connectivity index is 1.76. The summed E-state index contributed by atoms with van der Waals surface area (Å²) in [7, 11) is 3.16. The maximum absolute atomic E-state index is 13.8. The normalized spacial score (nSPS) is 36.5. The van der Waals surface area contributed by atoms with Gasteiger partial charge in [-0.3, -0.25) is 9.59 Å². The monoisotopic (exact) mass is 479 g/mol. The van der Waals surface area contributed by atoms with Crippen LogP contribution in [0.1, 0.15) is 33.1 Å². The fourth-order valence-corrected chi connectivity index (χ4v) is 6.95. The molecule has 0 aromatic rings. The van der Waals surface area contributed by atoms with Crippen LogP contribution in [0.15, 0.2) is 0 Å². The van der Waals surface area contributed by atoms with E-state index in [4.69, 9.17) is 18.9 Å². The Kier molecular flexibility index (Phi) is 7.15. The van der Waals surface area contributed by atoms with E-state index < -0.39 is 11.6 Å². The van der Waals surface area contributed by atoms with E-state index in [1.807, 2.05) is 0 Å². The molecule has 1 heterocycles. The molecule has 5 atom stereocenters. The number of thioether (sulfide) groups is 1. The minimum Gasteiger partial charge on any atom is -0.382 e. The lowest BCUT2D eigenvalue weighted by Crippen LogP contribution is -2.56. The zero-order valence-electron chi connectivity index (χ0n) is 16.9. The predicted molar refractivity (Wildman–Crippen MR) is 109 cm³/mol. The van der Waals surface area contributed by atoms with Crippen LogP contribution in [0.4, 0.5) is 4.79 Å². The summed E-state index contributed by atoms with van der Waals surface area (Å²) in [6, 6.07) is 0. The Hall–Kier alpha value is -0.190. The summed E-state index contributed by atoms with van der Waals surface area (Å²) in [6.45, 7) is 6.22. The molecular formula is C19H30BrNO6S. The molecule has 3 aliphatic rings. The third-order valence-electron chi connectivity index (χ3n) is 6.81. The van der Waals surface area contributed by atoms with Crippen LogP contribution >= 0.6 is 27.7 Å². The van der Waals surface area contributed by atoms with Crippen molar-refractivity contribution in [3.63, 3.8) is 0 Å². The average Bonchev–Trinajstić information content (AvgIpc) is 3.18. The number of halogens is 1. The number of imide groups is 1. The molecule has 2 bridgehead atoms. The molecule has 28 heavy (non-hydrogen) atoms. The molecule has 0 aromatic carbocycles. The minimum atomic E-state index is -0.714. The van der Waals surface area contributed by atoms with Gasteiger partial charge in [0.1, 0.15) is 4.16 Å². The topological polar surface area (TPSA) is 74.3 Å². The molecule has 0 spiro atoms. The van der Waals surface area contributed by atoms with Crippen LogP contribution in [0.3, 0.4) is 0 Å². The number of ether oxygens (including phenoxy) is 4. The zero-order chi connectivity index (χ0) is 20.5. The van der Waals surface area contributed by atoms with Crippen molar-refractivity contribution in [2.24, 2.45) is 16.7 Å². The van der Waals surface area contributed by atoms with Crippen LogP contribution in [-0.2, 0) is 23.7 Å². The Bertz CT molecular complexity index is 605. The molecule has 0 radical (unpaired) electrons. The Labute approximate surface area is 179 Å². The summed E-state index contributed by atoms with van der Waals surface area (Å²) in [6.07, 6.45) is 1.73. The summed E-state index contributed by atoms with van der Waals surface area (Å²) in [5.41, 5.74) is -0.951. The first-order chi connectivity index (χ1) is 13.3. The van der Waals surface area contributed by atoms with E-state index in [-0.39, 0.29) is 26.8 Å². The quantitative estimate of drug-likeness (QED) is 0.371. The lowest BCUT2D eigenvalue weighted by Gasteiger charge is -2.43. The lowest BCUT2D eigenvalue weighted by molar-refractivity contribution is -0.163. The highest BCUT2D eigenvalue weighted by Crippen LogP contribution is 2.67. The molecule has 2 amide bonds. The van der Waals surface area contributed by atoms with Crippen LogP contribution in [0.25, 0.3) is 0 Å². The SMILES string of the molecule is COCCOCCO[C@@H]1C[C@H]2CC[C@]1(C(=O)N1C(=O)S[C@H](Br)[C@H]1OC)C2(C)C. The number of amides is 2. The standard InChI is InChI=1S/C19H30BrNO6S/c1-18(2)12-5-6-19(18,13(11-12)27-10-9-26-8-7-24-3)16(22)21-15(25-4)14(20)28-17(21)23/h12-15H,5-11H2,1-4H3/t12-,13-,14+,15-,19+/m1/s1. The summed E-state index contributed by atoms with van der Waals surface area (Å²) in [4.78, 5) is 27.7. The third kappa shape index (κ3) is 3.56. The average molecular weight is 480 g/mol.